The van der Waals surface area contributed by atoms with Crippen LogP contribution >= 0.6 is 16.5 Å². The topological polar surface area (TPSA) is 380 Å². The molecule has 0 fully saturated rings. The zero-order chi connectivity index (χ0) is 92.0. The monoisotopic (exact) mass is 1770 g/mol. The maximum absolute atomic E-state index is 13.0. The minimum atomic E-state index is -3.12. The zero-order valence-corrected chi connectivity index (χ0v) is 75.0. The fourth-order valence-electron chi connectivity index (χ4n) is 14.1. The van der Waals surface area contributed by atoms with Gasteiger partial charge in [0.1, 0.15) is 43.5 Å². The van der Waals surface area contributed by atoms with E-state index in [4.69, 9.17) is 59.0 Å². The van der Waals surface area contributed by atoms with Crippen molar-refractivity contribution in [1.29, 1.82) is 0 Å². The lowest BCUT2D eigenvalue weighted by Crippen LogP contribution is -2.41. The molecule has 0 aliphatic heterocycles. The molecule has 29 heteroatoms. The molecule has 12 aromatic carbocycles. The van der Waals surface area contributed by atoms with Crippen LogP contribution in [0.15, 0.2) is 328 Å². The molecule has 0 bridgehead atoms. The Morgan fingerprint density at radius 1 is 0.372 bits per heavy atom. The number of hydrogen-bond donors (Lipinski definition) is 5. The molecule has 666 valence electrons. The highest BCUT2D eigenvalue weighted by atomic mass is 31.1. The Morgan fingerprint density at radius 2 is 0.636 bits per heavy atom. The summed E-state index contributed by atoms with van der Waals surface area (Å²) in [7, 11) is -2.56. The van der Waals surface area contributed by atoms with E-state index in [-0.39, 0.29) is 57.8 Å². The van der Waals surface area contributed by atoms with E-state index in [0.29, 0.717) is 25.5 Å². The van der Waals surface area contributed by atoms with Crippen molar-refractivity contribution in [2.75, 3.05) is 0 Å². The highest BCUT2D eigenvalue weighted by molar-refractivity contribution is 7.29. The molecule has 3 heterocycles. The Morgan fingerprint density at radius 3 is 0.922 bits per heavy atom. The number of carbonyl (C=O) groups is 3. The van der Waals surface area contributed by atoms with Gasteiger partial charge in [0.2, 0.25) is 0 Å². The molecule has 0 aliphatic carbocycles. The van der Waals surface area contributed by atoms with Crippen LogP contribution < -0.4 is 26.2 Å². The minimum absolute atomic E-state index is 0. The van der Waals surface area contributed by atoms with E-state index in [0.717, 1.165) is 107 Å². The van der Waals surface area contributed by atoms with Crippen molar-refractivity contribution in [2.45, 2.75) is 111 Å². The summed E-state index contributed by atoms with van der Waals surface area (Å²) < 4.78 is 38.8. The molecule has 2 unspecified atom stereocenters. The lowest BCUT2D eigenvalue weighted by molar-refractivity contribution is -0.181. The van der Waals surface area contributed by atoms with E-state index in [2.05, 4.69) is 230 Å². The van der Waals surface area contributed by atoms with Crippen LogP contribution in [0.3, 0.4) is 0 Å². The van der Waals surface area contributed by atoms with Gasteiger partial charge in [-0.3, -0.25) is 14.4 Å². The van der Waals surface area contributed by atoms with Gasteiger partial charge in [-0.2, -0.15) is 9.79 Å². The summed E-state index contributed by atoms with van der Waals surface area (Å²) in [4.78, 5) is 68.3. The van der Waals surface area contributed by atoms with Crippen molar-refractivity contribution in [3.63, 3.8) is 0 Å². The minimum Gasteiger partial charge on any atom is -0.567 e. The second-order valence-electron chi connectivity index (χ2n) is 30.8. The molecule has 0 amide bonds. The number of nitrogens with one attached hydrogen (secondary N) is 2. The summed E-state index contributed by atoms with van der Waals surface area (Å²) in [6, 6.07) is 109. The first-order chi connectivity index (χ1) is 62.4. The van der Waals surface area contributed by atoms with Gasteiger partial charge in [-0.15, -0.1) is 15.3 Å². The number of ether oxygens (including phenoxy) is 3. The van der Waals surface area contributed by atoms with Crippen molar-refractivity contribution in [3.8, 4) is 67.5 Å². The van der Waals surface area contributed by atoms with Crippen LogP contribution in [0.4, 0.5) is 0 Å². The van der Waals surface area contributed by atoms with Gasteiger partial charge >= 0.3 is 34.4 Å². The van der Waals surface area contributed by atoms with Gasteiger partial charge < -0.3 is 40.4 Å². The molecule has 15 aromatic rings. The highest BCUT2D eigenvalue weighted by Crippen LogP contribution is 2.44. The Labute approximate surface area is 756 Å². The number of rotatable bonds is 29. The molecule has 0 saturated heterocycles. The molecule has 5 atom stereocenters. The molecular formula is C100H109N15O12P2. The first kappa shape index (κ1) is 97.4. The second-order valence-corrected chi connectivity index (χ2v) is 31.7. The van der Waals surface area contributed by atoms with E-state index in [9.17, 15) is 14.4 Å². The molecule has 6 N–H and O–H groups in total. The Balaban J connectivity index is 0.000000229. The predicted molar refractivity (Wildman–Crippen MR) is 498 cm³/mol. The van der Waals surface area contributed by atoms with Crippen LogP contribution in [-0.4, -0.2) is 106 Å². The molecule has 129 heavy (non-hydrogen) atoms. The van der Waals surface area contributed by atoms with Gasteiger partial charge in [0.05, 0.1) is 0 Å². The number of carbonyl (C=O) groups excluding carboxylic acids is 3. The quantitative estimate of drug-likeness (QED) is 0.0126. The normalized spacial score (nSPS) is 11.8. The average Bonchev–Trinajstić information content (AvgIpc) is 1.64. The van der Waals surface area contributed by atoms with Crippen LogP contribution in [0.25, 0.3) is 67.5 Å². The summed E-state index contributed by atoms with van der Waals surface area (Å²) in [6.07, 6.45) is 1.05. The lowest BCUT2D eigenvalue weighted by atomic mass is 9.77. The molecule has 27 nitrogen and oxygen atoms in total. The Bertz CT molecular complexity index is 5870. The van der Waals surface area contributed by atoms with Crippen LogP contribution in [0, 0.1) is 17.8 Å². The smallest absolute Gasteiger partial charge is 0.485 e. The van der Waals surface area contributed by atoms with Crippen LogP contribution in [0.2, 0.25) is 0 Å². The number of tetrazole rings is 3. The SMILES string of the molecule is CC(C)[C@H](N)C(=O)OCc1ccccc1.CC(C)[C@H](NCc1ccc(-c2ccccc2-c2nnnn2C(c2ccccc2)(c2ccccc2)c2ccccc2)cc1)C(=O)OCc1ccccc1.CC(C)[C@H](NCc1ccc(-c2ccccc2-c2nnnn2C)cc1)C(=O)OCc1ccccc1.CCc1ccc(-c2ccccc2-c2nnnn2C)cc1.O=[P+]([O-])O.O=[P+]([O-])O.[HH].[HH]. The highest BCUT2D eigenvalue weighted by Gasteiger charge is 2.42. The largest absolute Gasteiger partial charge is 0.567 e. The van der Waals surface area contributed by atoms with Crippen molar-refractivity contribution in [3.05, 3.63) is 378 Å². The predicted octanol–water partition coefficient (Wildman–Crippen LogP) is 16.4. The fraction of sp³-hybridized carbons (Fsp3) is 0.220. The summed E-state index contributed by atoms with van der Waals surface area (Å²) in [5.74, 6) is 1.59. The molecule has 0 aliphatic rings. The number of benzene rings is 12. The number of nitrogens with zero attached hydrogens (tertiary/aromatic N) is 12. The lowest BCUT2D eigenvalue weighted by Gasteiger charge is -2.36. The van der Waals surface area contributed by atoms with Gasteiger partial charge in [-0.25, -0.2) is 14.0 Å². The summed E-state index contributed by atoms with van der Waals surface area (Å²) >= 11 is 0. The molecule has 3 aromatic heterocycles. The van der Waals surface area contributed by atoms with Crippen molar-refractivity contribution in [2.24, 2.45) is 37.6 Å². The molecular weight excluding hydrogens is 1670 g/mol. The van der Waals surface area contributed by atoms with Gasteiger partial charge in [-0.05, 0) is 148 Å². The number of hydrogen-bond acceptors (Lipinski definition) is 22. The number of aromatic nitrogens is 12. The van der Waals surface area contributed by atoms with E-state index < -0.39 is 34.1 Å². The number of esters is 3. The first-order valence-corrected chi connectivity index (χ1v) is 44.2. The van der Waals surface area contributed by atoms with Gasteiger partial charge in [-0.1, -0.05) is 376 Å². The second kappa shape index (κ2) is 49.9. The Hall–Kier alpha value is -13.8. The van der Waals surface area contributed by atoms with Crippen molar-refractivity contribution in [1.82, 2.24) is 71.3 Å². The fourth-order valence-corrected chi connectivity index (χ4v) is 14.1. The third-order valence-corrected chi connectivity index (χ3v) is 20.9. The molecule has 0 radical (unpaired) electrons. The molecule has 0 saturated carbocycles. The van der Waals surface area contributed by atoms with E-state index in [1.54, 1.807) is 9.36 Å². The number of aryl methyl sites for hydroxylation is 3. The first-order valence-electron chi connectivity index (χ1n) is 41.9. The van der Waals surface area contributed by atoms with Crippen molar-refractivity contribution >= 4 is 34.4 Å². The Kier molecular flexibility index (Phi) is 37.7. The standard InChI is InChI=1S/C45H41N5O2.C27H29N5O2.C16H16N4.C12H17NO2.2HO3P.2H2/c1-33(2)42(44(51)52-32-35-17-7-3-8-18-35)46-31-34-27-29-36(30-28-34)40-25-15-16-26-41(40)43-47-48-49-50(43)45(37-19-9-4-10-20-37,38-21-11-5-12-22-38)39-23-13-6-14-24-39;1-19(2)25(27(33)34-18-21-9-5-4-6-10-21)28-17-20-13-15-22(16-14-20)23-11-7-8-12-24(23)26-29-30-31-32(26)3;1-3-12-8-10-13(11-9-12)14-6-4-5-7-15(14)16-17-18-19-20(16)2;1-9(2)11(13)12(14)15-8-10-6-4-3-5-7-10;2*1-4(2)3;;/h3-30,33,42,46H,31-32H2,1-2H3;4-16,19,25,28H,17-18H2,1-3H3;4-11H,3H2,1-2H3;3-7,9,11H,8,13H2,1-2H3;2*(H,1,2,3);2*1H/t42-;25-;;11-;;;;/m00.0..../s1. The molecule has 0 spiro atoms. The van der Waals surface area contributed by atoms with Gasteiger partial charge in [0, 0.05) is 46.7 Å². The van der Waals surface area contributed by atoms with Crippen LogP contribution in [-0.2, 0) is 96.7 Å². The summed E-state index contributed by atoms with van der Waals surface area (Å²) in [5.41, 5.74) is 23.7. The van der Waals surface area contributed by atoms with E-state index in [1.165, 1.54) is 11.1 Å². The third-order valence-electron chi connectivity index (χ3n) is 20.9. The zero-order valence-electron chi connectivity index (χ0n) is 73.2. The van der Waals surface area contributed by atoms with E-state index >= 15 is 0 Å². The molecule has 15 rings (SSSR count). The maximum Gasteiger partial charge on any atom is 0.485 e. The van der Waals surface area contributed by atoms with Crippen molar-refractivity contribution < 1.29 is 60.2 Å². The summed E-state index contributed by atoms with van der Waals surface area (Å²) in [5, 5.41) is 44.2. The van der Waals surface area contributed by atoms with Crippen LogP contribution in [0.5, 0.6) is 0 Å². The maximum atomic E-state index is 13.0. The van der Waals surface area contributed by atoms with Crippen LogP contribution in [0.1, 0.15) is 101 Å². The van der Waals surface area contributed by atoms with Gasteiger partial charge in [0.25, 0.3) is 0 Å². The van der Waals surface area contributed by atoms with E-state index in [1.807, 2.05) is 212 Å². The number of nitrogens with two attached hydrogens (primary N) is 1. The van der Waals surface area contributed by atoms with Gasteiger partial charge in [0.15, 0.2) is 17.5 Å². The average molecular weight is 1780 g/mol. The summed E-state index contributed by atoms with van der Waals surface area (Å²) in [6.45, 7) is 16.0. The third kappa shape index (κ3) is 28.1.